The van der Waals surface area contributed by atoms with Crippen LogP contribution in [0.5, 0.6) is 0 Å². The first-order valence-electron chi connectivity index (χ1n) is 6.40. The maximum absolute atomic E-state index is 11.8. The summed E-state index contributed by atoms with van der Waals surface area (Å²) in [5, 5.41) is 9.43. The van der Waals surface area contributed by atoms with E-state index in [4.69, 9.17) is 4.74 Å². The normalized spacial score (nSPS) is 11.5. The Morgan fingerprint density at radius 2 is 2.14 bits per heavy atom. The number of methoxy groups -OCH3 is 1. The molecule has 1 rings (SSSR count). The maximum atomic E-state index is 11.8. The summed E-state index contributed by atoms with van der Waals surface area (Å²) in [6.07, 6.45) is 2.58. The summed E-state index contributed by atoms with van der Waals surface area (Å²) < 4.78 is 32.1. The molecule has 120 valence electrons. The van der Waals surface area contributed by atoms with Gasteiger partial charge < -0.3 is 15.4 Å². The standard InChI is InChI=1S/C11H21N5O4S/c1-16-9-10(7-14-16)21(18,19)15-8-11(17)13-4-3-12-5-6-20-2/h7,9,12,15H,3-6,8H2,1-2H3,(H,13,17). The van der Waals surface area contributed by atoms with Gasteiger partial charge in [-0.05, 0) is 0 Å². The van der Waals surface area contributed by atoms with E-state index < -0.39 is 15.9 Å². The van der Waals surface area contributed by atoms with E-state index in [-0.39, 0.29) is 11.4 Å². The first-order valence-corrected chi connectivity index (χ1v) is 7.88. The van der Waals surface area contributed by atoms with Crippen molar-refractivity contribution >= 4 is 15.9 Å². The molecule has 0 saturated carbocycles. The van der Waals surface area contributed by atoms with Gasteiger partial charge in [0, 0.05) is 40.0 Å². The van der Waals surface area contributed by atoms with E-state index in [1.165, 1.54) is 17.1 Å². The highest BCUT2D eigenvalue weighted by molar-refractivity contribution is 7.89. The van der Waals surface area contributed by atoms with Crippen molar-refractivity contribution in [3.05, 3.63) is 12.4 Å². The quantitative estimate of drug-likeness (QED) is 0.432. The van der Waals surface area contributed by atoms with Crippen molar-refractivity contribution in [3.63, 3.8) is 0 Å². The van der Waals surface area contributed by atoms with Crippen molar-refractivity contribution < 1.29 is 17.9 Å². The zero-order valence-electron chi connectivity index (χ0n) is 12.1. The molecule has 0 saturated heterocycles. The van der Waals surface area contributed by atoms with Crippen molar-refractivity contribution in [2.24, 2.45) is 7.05 Å². The Kier molecular flexibility index (Phi) is 7.29. The Morgan fingerprint density at radius 1 is 1.38 bits per heavy atom. The SMILES string of the molecule is COCCNCCNC(=O)CNS(=O)(=O)c1cnn(C)c1. The van der Waals surface area contributed by atoms with Crippen LogP contribution >= 0.6 is 0 Å². The first-order chi connectivity index (χ1) is 9.95. The van der Waals surface area contributed by atoms with Crippen LogP contribution in [-0.2, 0) is 26.6 Å². The van der Waals surface area contributed by atoms with E-state index >= 15 is 0 Å². The highest BCUT2D eigenvalue weighted by Crippen LogP contribution is 2.04. The molecule has 0 radical (unpaired) electrons. The zero-order valence-corrected chi connectivity index (χ0v) is 12.9. The van der Waals surface area contributed by atoms with Crippen LogP contribution in [0.4, 0.5) is 0 Å². The van der Waals surface area contributed by atoms with E-state index in [0.29, 0.717) is 26.2 Å². The Labute approximate surface area is 124 Å². The zero-order chi connectivity index (χ0) is 15.7. The van der Waals surface area contributed by atoms with Crippen molar-refractivity contribution in [1.82, 2.24) is 25.1 Å². The number of carbonyl (C=O) groups is 1. The van der Waals surface area contributed by atoms with E-state index in [9.17, 15) is 13.2 Å². The topological polar surface area (TPSA) is 114 Å². The summed E-state index contributed by atoms with van der Waals surface area (Å²) in [5.74, 6) is -0.393. The van der Waals surface area contributed by atoms with Crippen LogP contribution in [0.2, 0.25) is 0 Å². The molecule has 0 aliphatic heterocycles. The van der Waals surface area contributed by atoms with Gasteiger partial charge in [-0.2, -0.15) is 5.10 Å². The molecule has 0 unspecified atom stereocenters. The number of hydrogen-bond acceptors (Lipinski definition) is 6. The second kappa shape index (κ2) is 8.72. The number of rotatable bonds is 10. The lowest BCUT2D eigenvalue weighted by atomic mass is 10.5. The molecule has 0 aliphatic rings. The Morgan fingerprint density at radius 3 is 2.76 bits per heavy atom. The van der Waals surface area contributed by atoms with Crippen molar-refractivity contribution in [2.75, 3.05) is 39.9 Å². The van der Waals surface area contributed by atoms with Crippen molar-refractivity contribution in [2.45, 2.75) is 4.90 Å². The number of aromatic nitrogens is 2. The second-order valence-electron chi connectivity index (χ2n) is 4.27. The Bertz CT molecular complexity index is 543. The molecule has 21 heavy (non-hydrogen) atoms. The lowest BCUT2D eigenvalue weighted by Crippen LogP contribution is -2.39. The number of ether oxygens (including phenoxy) is 1. The lowest BCUT2D eigenvalue weighted by Gasteiger charge is -2.07. The van der Waals surface area contributed by atoms with Gasteiger partial charge in [-0.3, -0.25) is 9.48 Å². The van der Waals surface area contributed by atoms with Crippen LogP contribution < -0.4 is 15.4 Å². The minimum Gasteiger partial charge on any atom is -0.383 e. The molecule has 1 amide bonds. The summed E-state index contributed by atoms with van der Waals surface area (Å²) in [6, 6.07) is 0. The molecule has 3 N–H and O–H groups in total. The highest BCUT2D eigenvalue weighted by Gasteiger charge is 2.16. The van der Waals surface area contributed by atoms with Gasteiger partial charge in [0.15, 0.2) is 0 Å². The van der Waals surface area contributed by atoms with Crippen LogP contribution in [0.1, 0.15) is 0 Å². The molecule has 0 bridgehead atoms. The van der Waals surface area contributed by atoms with Gasteiger partial charge in [-0.1, -0.05) is 0 Å². The van der Waals surface area contributed by atoms with Gasteiger partial charge in [0.05, 0.1) is 19.3 Å². The maximum Gasteiger partial charge on any atom is 0.244 e. The van der Waals surface area contributed by atoms with Crippen LogP contribution in [-0.4, -0.2) is 64.0 Å². The third-order valence-electron chi connectivity index (χ3n) is 2.52. The summed E-state index contributed by atoms with van der Waals surface area (Å²) >= 11 is 0. The average molecular weight is 319 g/mol. The van der Waals surface area contributed by atoms with Gasteiger partial charge in [0.2, 0.25) is 15.9 Å². The lowest BCUT2D eigenvalue weighted by molar-refractivity contribution is -0.119. The molecule has 1 aromatic rings. The van der Waals surface area contributed by atoms with Crippen LogP contribution in [0.3, 0.4) is 0 Å². The van der Waals surface area contributed by atoms with Crippen molar-refractivity contribution in [1.29, 1.82) is 0 Å². The van der Waals surface area contributed by atoms with Crippen LogP contribution in [0, 0.1) is 0 Å². The fourth-order valence-electron chi connectivity index (χ4n) is 1.43. The minimum atomic E-state index is -3.70. The second-order valence-corrected chi connectivity index (χ2v) is 6.03. The molecule has 0 aliphatic carbocycles. The van der Waals surface area contributed by atoms with E-state index in [2.05, 4.69) is 20.5 Å². The van der Waals surface area contributed by atoms with Gasteiger partial charge >= 0.3 is 0 Å². The predicted octanol–water partition coefficient (Wildman–Crippen LogP) is -1.95. The van der Waals surface area contributed by atoms with Crippen LogP contribution in [0.15, 0.2) is 17.3 Å². The van der Waals surface area contributed by atoms with Gasteiger partial charge in [0.1, 0.15) is 4.90 Å². The fraction of sp³-hybridized carbons (Fsp3) is 0.636. The summed E-state index contributed by atoms with van der Waals surface area (Å²) in [6.45, 7) is 1.98. The summed E-state index contributed by atoms with van der Waals surface area (Å²) in [7, 11) is -0.481. The summed E-state index contributed by atoms with van der Waals surface area (Å²) in [5.41, 5.74) is 0. The molecule has 9 nitrogen and oxygen atoms in total. The molecule has 0 spiro atoms. The summed E-state index contributed by atoms with van der Waals surface area (Å²) in [4.78, 5) is 11.5. The average Bonchev–Trinajstić information content (AvgIpc) is 2.88. The number of amides is 1. The minimum absolute atomic E-state index is 0.0269. The van der Waals surface area contributed by atoms with Crippen molar-refractivity contribution in [3.8, 4) is 0 Å². The molecule has 0 fully saturated rings. The fourth-order valence-corrected chi connectivity index (χ4v) is 2.40. The molecule has 0 atom stereocenters. The Balaban J connectivity index is 2.23. The molecule has 10 heteroatoms. The smallest absolute Gasteiger partial charge is 0.244 e. The number of nitrogens with one attached hydrogen (secondary N) is 3. The van der Waals surface area contributed by atoms with Gasteiger partial charge in [-0.15, -0.1) is 0 Å². The third-order valence-corrected chi connectivity index (χ3v) is 3.88. The Hall–Kier alpha value is -1.49. The van der Waals surface area contributed by atoms with E-state index in [1.807, 2.05) is 0 Å². The predicted molar refractivity (Wildman–Crippen MR) is 76.2 cm³/mol. The molecule has 1 heterocycles. The van der Waals surface area contributed by atoms with Crippen LogP contribution in [0.25, 0.3) is 0 Å². The number of aryl methyl sites for hydroxylation is 1. The first kappa shape index (κ1) is 17.6. The molecular weight excluding hydrogens is 298 g/mol. The number of carbonyl (C=O) groups excluding carboxylic acids is 1. The van der Waals surface area contributed by atoms with E-state index in [0.717, 1.165) is 0 Å². The number of nitrogens with zero attached hydrogens (tertiary/aromatic N) is 2. The van der Waals surface area contributed by atoms with Gasteiger partial charge in [-0.25, -0.2) is 13.1 Å². The molecule has 1 aromatic heterocycles. The van der Waals surface area contributed by atoms with E-state index in [1.54, 1.807) is 14.2 Å². The highest BCUT2D eigenvalue weighted by atomic mass is 32.2. The molecular formula is C11H21N5O4S. The largest absolute Gasteiger partial charge is 0.383 e. The monoisotopic (exact) mass is 319 g/mol. The number of sulfonamides is 1. The van der Waals surface area contributed by atoms with Gasteiger partial charge in [0.25, 0.3) is 0 Å². The third kappa shape index (κ3) is 6.67. The molecule has 0 aromatic carbocycles. The number of hydrogen-bond donors (Lipinski definition) is 3.